The fraction of sp³-hybridized carbons (Fsp3) is 0.300. The molecule has 0 aliphatic heterocycles. The molecule has 108 valence electrons. The van der Waals surface area contributed by atoms with E-state index in [0.717, 1.165) is 0 Å². The predicted molar refractivity (Wildman–Crippen MR) is 95.0 cm³/mol. The number of allylic oxidation sites excluding steroid dienone is 2. The van der Waals surface area contributed by atoms with Crippen molar-refractivity contribution >= 4 is 18.5 Å². The average molecular weight is 294 g/mol. The highest BCUT2D eigenvalue weighted by atomic mass is 31.1. The van der Waals surface area contributed by atoms with Gasteiger partial charge in [0.25, 0.3) is 0 Å². The van der Waals surface area contributed by atoms with Gasteiger partial charge in [-0.3, -0.25) is 0 Å². The van der Waals surface area contributed by atoms with E-state index >= 15 is 0 Å². The zero-order valence-corrected chi connectivity index (χ0v) is 13.6. The summed E-state index contributed by atoms with van der Waals surface area (Å²) in [6.07, 6.45) is 9.94. The molecule has 0 saturated heterocycles. The van der Waals surface area contributed by atoms with Crippen molar-refractivity contribution in [3.63, 3.8) is 0 Å². The molecule has 0 heterocycles. The summed E-state index contributed by atoms with van der Waals surface area (Å²) in [5.41, 5.74) is 0.421. The lowest BCUT2D eigenvalue weighted by Crippen LogP contribution is -2.18. The fourth-order valence-electron chi connectivity index (χ4n) is 3.06. The van der Waals surface area contributed by atoms with Crippen LogP contribution in [-0.2, 0) is 0 Å². The summed E-state index contributed by atoms with van der Waals surface area (Å²) in [6.45, 7) is 2.42. The fourth-order valence-corrected chi connectivity index (χ4v) is 5.68. The Bertz CT molecular complexity index is 548. The lowest BCUT2D eigenvalue weighted by Gasteiger charge is -2.26. The molecule has 1 heteroatoms. The van der Waals surface area contributed by atoms with Crippen molar-refractivity contribution in [2.75, 3.05) is 6.16 Å². The Morgan fingerprint density at radius 1 is 0.905 bits per heavy atom. The highest BCUT2D eigenvalue weighted by Crippen LogP contribution is 2.42. The Balaban J connectivity index is 1.81. The number of hydrogen-bond acceptors (Lipinski definition) is 0. The van der Waals surface area contributed by atoms with Crippen LogP contribution in [0.2, 0.25) is 0 Å². The Morgan fingerprint density at radius 2 is 1.48 bits per heavy atom. The average Bonchev–Trinajstić information content (AvgIpc) is 2.97. The van der Waals surface area contributed by atoms with E-state index in [2.05, 4.69) is 79.7 Å². The van der Waals surface area contributed by atoms with Crippen molar-refractivity contribution in [1.29, 1.82) is 0 Å². The highest BCUT2D eigenvalue weighted by molar-refractivity contribution is 7.73. The molecular weight excluding hydrogens is 271 g/mol. The van der Waals surface area contributed by atoms with Crippen LogP contribution in [0, 0.1) is 5.41 Å². The molecule has 2 aromatic carbocycles. The van der Waals surface area contributed by atoms with Gasteiger partial charge in [0.15, 0.2) is 0 Å². The normalized spacial score (nSPS) is 21.0. The predicted octanol–water partition coefficient (Wildman–Crippen LogP) is 4.87. The molecular formula is C20H23P. The highest BCUT2D eigenvalue weighted by Gasteiger charge is 2.25. The van der Waals surface area contributed by atoms with Crippen LogP contribution in [-0.4, -0.2) is 6.16 Å². The number of hydrogen-bond donors (Lipinski definition) is 0. The SMILES string of the molecule is C[C@]1(CCP(c2ccccc2)c2ccccc2)C=CCC1. The van der Waals surface area contributed by atoms with E-state index in [9.17, 15) is 0 Å². The van der Waals surface area contributed by atoms with Crippen LogP contribution < -0.4 is 10.6 Å². The van der Waals surface area contributed by atoms with Gasteiger partial charge in [0.1, 0.15) is 0 Å². The van der Waals surface area contributed by atoms with Crippen LogP contribution in [0.3, 0.4) is 0 Å². The standard InChI is InChI=1S/C20H23P/c1-20(14-8-9-15-20)16-17-21(18-10-4-2-5-11-18)19-12-6-3-7-13-19/h2-8,10-14H,9,15-17H2,1H3/t20-/m0/s1. The largest absolute Gasteiger partial charge is 0.0880 e. The Hall–Kier alpha value is -1.39. The molecule has 0 unspecified atom stereocenters. The van der Waals surface area contributed by atoms with Gasteiger partial charge in [0.05, 0.1) is 0 Å². The van der Waals surface area contributed by atoms with Gasteiger partial charge >= 0.3 is 0 Å². The van der Waals surface area contributed by atoms with Gasteiger partial charge in [-0.15, -0.1) is 0 Å². The molecule has 2 aromatic rings. The van der Waals surface area contributed by atoms with E-state index in [1.807, 2.05) is 0 Å². The van der Waals surface area contributed by atoms with Gasteiger partial charge in [0.2, 0.25) is 0 Å². The van der Waals surface area contributed by atoms with E-state index < -0.39 is 0 Å². The van der Waals surface area contributed by atoms with Gasteiger partial charge in [-0.25, -0.2) is 0 Å². The second kappa shape index (κ2) is 6.58. The van der Waals surface area contributed by atoms with Crippen molar-refractivity contribution in [3.8, 4) is 0 Å². The second-order valence-electron chi connectivity index (χ2n) is 6.17. The molecule has 0 amide bonds. The van der Waals surface area contributed by atoms with Crippen molar-refractivity contribution in [1.82, 2.24) is 0 Å². The van der Waals surface area contributed by atoms with E-state index in [4.69, 9.17) is 0 Å². The molecule has 0 spiro atoms. The molecule has 1 aliphatic carbocycles. The number of rotatable bonds is 5. The van der Waals surface area contributed by atoms with Gasteiger partial charge in [-0.05, 0) is 49.4 Å². The van der Waals surface area contributed by atoms with Crippen molar-refractivity contribution < 1.29 is 0 Å². The molecule has 21 heavy (non-hydrogen) atoms. The summed E-state index contributed by atoms with van der Waals surface area (Å²) in [6, 6.07) is 22.1. The van der Waals surface area contributed by atoms with Gasteiger partial charge < -0.3 is 0 Å². The monoisotopic (exact) mass is 294 g/mol. The Morgan fingerprint density at radius 3 is 1.95 bits per heavy atom. The first-order valence-electron chi connectivity index (χ1n) is 7.82. The van der Waals surface area contributed by atoms with Gasteiger partial charge in [0, 0.05) is 0 Å². The van der Waals surface area contributed by atoms with Crippen molar-refractivity contribution in [3.05, 3.63) is 72.8 Å². The first-order chi connectivity index (χ1) is 10.3. The van der Waals surface area contributed by atoms with Crippen LogP contribution in [0.1, 0.15) is 26.2 Å². The zero-order chi connectivity index (χ0) is 14.5. The first kappa shape index (κ1) is 14.5. The maximum atomic E-state index is 2.44. The van der Waals surface area contributed by atoms with E-state index in [-0.39, 0.29) is 7.92 Å². The summed E-state index contributed by atoms with van der Waals surface area (Å²) in [5.74, 6) is 0. The van der Waals surface area contributed by atoms with Gasteiger partial charge in [-0.1, -0.05) is 79.7 Å². The van der Waals surface area contributed by atoms with Crippen LogP contribution in [0.5, 0.6) is 0 Å². The Kier molecular flexibility index (Phi) is 4.56. The molecule has 0 fully saturated rings. The van der Waals surface area contributed by atoms with E-state index in [1.54, 1.807) is 0 Å². The number of benzene rings is 2. The summed E-state index contributed by atoms with van der Waals surface area (Å²) in [7, 11) is -0.233. The Labute approximate surface area is 129 Å². The molecule has 0 aromatic heterocycles. The van der Waals surface area contributed by atoms with Crippen LogP contribution in [0.4, 0.5) is 0 Å². The molecule has 1 aliphatic rings. The maximum absolute atomic E-state index is 2.44. The van der Waals surface area contributed by atoms with Gasteiger partial charge in [-0.2, -0.15) is 0 Å². The minimum atomic E-state index is -0.233. The summed E-state index contributed by atoms with van der Waals surface area (Å²) < 4.78 is 0. The maximum Gasteiger partial charge on any atom is -0.0140 e. The third-order valence-electron chi connectivity index (χ3n) is 4.44. The molecule has 0 nitrogen and oxygen atoms in total. The van der Waals surface area contributed by atoms with Crippen LogP contribution in [0.15, 0.2) is 72.8 Å². The third kappa shape index (κ3) is 3.63. The molecule has 0 N–H and O–H groups in total. The minimum Gasteiger partial charge on any atom is -0.0880 e. The van der Waals surface area contributed by atoms with E-state index in [1.165, 1.54) is 36.0 Å². The summed E-state index contributed by atoms with van der Waals surface area (Å²) in [4.78, 5) is 0. The molecule has 0 radical (unpaired) electrons. The van der Waals surface area contributed by atoms with E-state index in [0.29, 0.717) is 5.41 Å². The van der Waals surface area contributed by atoms with Crippen molar-refractivity contribution in [2.24, 2.45) is 5.41 Å². The summed E-state index contributed by atoms with van der Waals surface area (Å²) >= 11 is 0. The molecule has 3 rings (SSSR count). The quantitative estimate of drug-likeness (QED) is 0.545. The smallest absolute Gasteiger partial charge is 0.0140 e. The second-order valence-corrected chi connectivity index (χ2v) is 8.50. The lowest BCUT2D eigenvalue weighted by atomic mass is 9.87. The molecule has 0 saturated carbocycles. The molecule has 1 atom stereocenters. The van der Waals surface area contributed by atoms with Crippen molar-refractivity contribution in [2.45, 2.75) is 26.2 Å². The lowest BCUT2D eigenvalue weighted by molar-refractivity contribution is 0.407. The zero-order valence-electron chi connectivity index (χ0n) is 12.7. The van der Waals surface area contributed by atoms with Crippen LogP contribution >= 0.6 is 7.92 Å². The third-order valence-corrected chi connectivity index (χ3v) is 6.96. The minimum absolute atomic E-state index is 0.233. The summed E-state index contributed by atoms with van der Waals surface area (Å²) in [5, 5.41) is 3.01. The first-order valence-corrected chi connectivity index (χ1v) is 9.35. The van der Waals surface area contributed by atoms with Crippen LogP contribution in [0.25, 0.3) is 0 Å². The molecule has 0 bridgehead atoms. The topological polar surface area (TPSA) is 0 Å².